The molecule has 7 heteroatoms. The van der Waals surface area contributed by atoms with Crippen LogP contribution in [0.2, 0.25) is 0 Å². The molecule has 2 rings (SSSR count). The summed E-state index contributed by atoms with van der Waals surface area (Å²) in [5.41, 5.74) is 0.973. The van der Waals surface area contributed by atoms with Crippen LogP contribution in [0, 0.1) is 13.8 Å². The van der Waals surface area contributed by atoms with Crippen LogP contribution in [0.5, 0.6) is 0 Å². The standard InChI is InChI=1S/C18H26N4OS.HI/c1-5-19-17(20-11-16-22-13(2)14(3)24-16)21-12-18(4,23)15-9-7-6-8-10-15;/h6-10,23H,5,11-12H2,1-4H3,(H2,19,20,21);1H. The minimum absolute atomic E-state index is 0. The number of nitrogens with zero attached hydrogens (tertiary/aromatic N) is 2. The van der Waals surface area contributed by atoms with E-state index in [1.54, 1.807) is 18.3 Å². The van der Waals surface area contributed by atoms with Crippen molar-refractivity contribution in [3.8, 4) is 0 Å². The van der Waals surface area contributed by atoms with Gasteiger partial charge in [0.05, 0.1) is 18.8 Å². The summed E-state index contributed by atoms with van der Waals surface area (Å²) in [6.07, 6.45) is 0. The molecule has 0 saturated carbocycles. The number of benzene rings is 1. The van der Waals surface area contributed by atoms with Crippen molar-refractivity contribution in [1.82, 2.24) is 15.6 Å². The summed E-state index contributed by atoms with van der Waals surface area (Å²) in [5, 5.41) is 18.1. The van der Waals surface area contributed by atoms with Crippen LogP contribution in [-0.4, -0.2) is 29.1 Å². The largest absolute Gasteiger partial charge is 0.384 e. The SMILES string of the molecule is CCNC(=NCc1nc(C)c(C)s1)NCC(C)(O)c1ccccc1.I. The Bertz CT molecular complexity index is 666. The Hall–Kier alpha value is -1.19. The van der Waals surface area contributed by atoms with Crippen LogP contribution in [0.4, 0.5) is 0 Å². The Kier molecular flexibility index (Phi) is 8.81. The van der Waals surface area contributed by atoms with Gasteiger partial charge in [0.15, 0.2) is 5.96 Å². The van der Waals surface area contributed by atoms with Gasteiger partial charge in [-0.05, 0) is 33.3 Å². The van der Waals surface area contributed by atoms with E-state index in [9.17, 15) is 5.11 Å². The summed E-state index contributed by atoms with van der Waals surface area (Å²) in [6.45, 7) is 9.56. The molecule has 0 bridgehead atoms. The van der Waals surface area contributed by atoms with E-state index in [1.165, 1.54) is 4.88 Å². The van der Waals surface area contributed by atoms with E-state index in [1.807, 2.05) is 44.2 Å². The molecule has 1 aromatic carbocycles. The number of aliphatic hydroxyl groups is 1. The van der Waals surface area contributed by atoms with Gasteiger partial charge in [-0.1, -0.05) is 30.3 Å². The maximum Gasteiger partial charge on any atom is 0.191 e. The van der Waals surface area contributed by atoms with Gasteiger partial charge < -0.3 is 15.7 Å². The lowest BCUT2D eigenvalue weighted by Gasteiger charge is -2.25. The average Bonchev–Trinajstić information content (AvgIpc) is 2.89. The number of halogens is 1. The zero-order chi connectivity index (χ0) is 17.6. The fraction of sp³-hybridized carbons (Fsp3) is 0.444. The van der Waals surface area contributed by atoms with E-state index >= 15 is 0 Å². The maximum absolute atomic E-state index is 10.7. The van der Waals surface area contributed by atoms with Gasteiger partial charge in [0, 0.05) is 11.4 Å². The Labute approximate surface area is 171 Å². The summed E-state index contributed by atoms with van der Waals surface area (Å²) >= 11 is 1.67. The molecule has 0 saturated heterocycles. The van der Waals surface area contributed by atoms with Crippen molar-refractivity contribution in [2.45, 2.75) is 39.8 Å². The Morgan fingerprint density at radius 1 is 1.24 bits per heavy atom. The number of nitrogens with one attached hydrogen (secondary N) is 2. The molecule has 1 atom stereocenters. The average molecular weight is 474 g/mol. The van der Waals surface area contributed by atoms with Crippen molar-refractivity contribution in [2.24, 2.45) is 4.99 Å². The van der Waals surface area contributed by atoms with Gasteiger partial charge in [-0.25, -0.2) is 9.98 Å². The van der Waals surface area contributed by atoms with Gasteiger partial charge >= 0.3 is 0 Å². The number of hydrogen-bond donors (Lipinski definition) is 3. The van der Waals surface area contributed by atoms with Gasteiger partial charge in [-0.3, -0.25) is 0 Å². The zero-order valence-electron chi connectivity index (χ0n) is 15.2. The Morgan fingerprint density at radius 3 is 2.48 bits per heavy atom. The van der Waals surface area contributed by atoms with E-state index in [0.717, 1.165) is 22.8 Å². The molecule has 0 fully saturated rings. The third kappa shape index (κ3) is 6.56. The third-order valence-electron chi connectivity index (χ3n) is 3.79. The predicted molar refractivity (Wildman–Crippen MR) is 116 cm³/mol. The highest BCUT2D eigenvalue weighted by molar-refractivity contribution is 14.0. The van der Waals surface area contributed by atoms with Crippen LogP contribution >= 0.6 is 35.3 Å². The lowest BCUT2D eigenvalue weighted by molar-refractivity contribution is 0.0617. The fourth-order valence-electron chi connectivity index (χ4n) is 2.25. The summed E-state index contributed by atoms with van der Waals surface area (Å²) in [4.78, 5) is 10.3. The molecular formula is C18H27IN4OS. The number of aryl methyl sites for hydroxylation is 2. The third-order valence-corrected chi connectivity index (χ3v) is 4.84. The zero-order valence-corrected chi connectivity index (χ0v) is 18.3. The first-order chi connectivity index (χ1) is 11.4. The predicted octanol–water partition coefficient (Wildman–Crippen LogP) is 3.34. The van der Waals surface area contributed by atoms with Crippen LogP contribution in [0.1, 0.15) is 35.0 Å². The molecule has 0 amide bonds. The van der Waals surface area contributed by atoms with Gasteiger partial charge in [-0.15, -0.1) is 35.3 Å². The molecule has 0 spiro atoms. The van der Waals surface area contributed by atoms with Gasteiger partial charge in [0.1, 0.15) is 10.6 Å². The van der Waals surface area contributed by atoms with Crippen molar-refractivity contribution in [2.75, 3.05) is 13.1 Å². The maximum atomic E-state index is 10.7. The van der Waals surface area contributed by atoms with Crippen molar-refractivity contribution in [1.29, 1.82) is 0 Å². The topological polar surface area (TPSA) is 69.5 Å². The van der Waals surface area contributed by atoms with Crippen molar-refractivity contribution >= 4 is 41.3 Å². The molecule has 138 valence electrons. The lowest BCUT2D eigenvalue weighted by Crippen LogP contribution is -2.44. The van der Waals surface area contributed by atoms with Crippen LogP contribution in [0.3, 0.4) is 0 Å². The molecule has 1 unspecified atom stereocenters. The van der Waals surface area contributed by atoms with Crippen LogP contribution in [0.15, 0.2) is 35.3 Å². The van der Waals surface area contributed by atoms with E-state index in [4.69, 9.17) is 0 Å². The van der Waals surface area contributed by atoms with Gasteiger partial charge in [0.25, 0.3) is 0 Å². The van der Waals surface area contributed by atoms with E-state index in [2.05, 4.69) is 27.5 Å². The summed E-state index contributed by atoms with van der Waals surface area (Å²) in [6, 6.07) is 9.64. The molecule has 1 heterocycles. The molecule has 3 N–H and O–H groups in total. The first kappa shape index (κ1) is 21.9. The molecular weight excluding hydrogens is 447 g/mol. The fourth-order valence-corrected chi connectivity index (χ4v) is 3.11. The van der Waals surface area contributed by atoms with E-state index in [0.29, 0.717) is 19.0 Å². The van der Waals surface area contributed by atoms with Gasteiger partial charge in [0.2, 0.25) is 0 Å². The second kappa shape index (κ2) is 10.1. The highest BCUT2D eigenvalue weighted by Gasteiger charge is 2.22. The summed E-state index contributed by atoms with van der Waals surface area (Å²) in [7, 11) is 0. The molecule has 1 aromatic heterocycles. The van der Waals surface area contributed by atoms with Crippen molar-refractivity contribution < 1.29 is 5.11 Å². The second-order valence-electron chi connectivity index (χ2n) is 5.94. The highest BCUT2D eigenvalue weighted by atomic mass is 127. The first-order valence-corrected chi connectivity index (χ1v) is 8.97. The summed E-state index contributed by atoms with van der Waals surface area (Å²) < 4.78 is 0. The van der Waals surface area contributed by atoms with E-state index < -0.39 is 5.60 Å². The van der Waals surface area contributed by atoms with Crippen LogP contribution < -0.4 is 10.6 Å². The Balaban J connectivity index is 0.00000312. The number of guanidine groups is 1. The molecule has 2 aromatic rings. The molecule has 0 radical (unpaired) electrons. The smallest absolute Gasteiger partial charge is 0.191 e. The number of thiazole rings is 1. The van der Waals surface area contributed by atoms with Crippen molar-refractivity contribution in [3.05, 3.63) is 51.5 Å². The molecule has 0 aliphatic heterocycles. The first-order valence-electron chi connectivity index (χ1n) is 8.15. The number of hydrogen-bond acceptors (Lipinski definition) is 4. The van der Waals surface area contributed by atoms with Crippen LogP contribution in [-0.2, 0) is 12.1 Å². The minimum Gasteiger partial charge on any atom is -0.384 e. The lowest BCUT2D eigenvalue weighted by atomic mass is 9.96. The molecule has 5 nitrogen and oxygen atoms in total. The highest BCUT2D eigenvalue weighted by Crippen LogP contribution is 2.19. The normalized spacial score (nSPS) is 13.7. The number of aliphatic imine (C=N–C) groups is 1. The molecule has 0 aliphatic rings. The van der Waals surface area contributed by atoms with Gasteiger partial charge in [-0.2, -0.15) is 0 Å². The minimum atomic E-state index is -0.966. The second-order valence-corrected chi connectivity index (χ2v) is 7.23. The van der Waals surface area contributed by atoms with E-state index in [-0.39, 0.29) is 24.0 Å². The van der Waals surface area contributed by atoms with Crippen LogP contribution in [0.25, 0.3) is 0 Å². The molecule has 0 aliphatic carbocycles. The number of aromatic nitrogens is 1. The molecule has 25 heavy (non-hydrogen) atoms. The number of rotatable bonds is 6. The Morgan fingerprint density at radius 2 is 1.92 bits per heavy atom. The van der Waals surface area contributed by atoms with Crippen molar-refractivity contribution in [3.63, 3.8) is 0 Å². The quantitative estimate of drug-likeness (QED) is 0.341. The summed E-state index contributed by atoms with van der Waals surface area (Å²) in [5.74, 6) is 0.680. The monoisotopic (exact) mass is 474 g/mol.